The molecule has 126 valence electrons. The molecule has 2 aromatic rings. The molecule has 0 aromatic heterocycles. The minimum Gasteiger partial charge on any atom is -0.489 e. The predicted octanol–water partition coefficient (Wildman–Crippen LogP) is 2.96. The van der Waals surface area contributed by atoms with Gasteiger partial charge in [-0.2, -0.15) is 0 Å². The zero-order chi connectivity index (χ0) is 16.9. The number of amides is 1. The zero-order valence-corrected chi connectivity index (χ0v) is 14.0. The van der Waals surface area contributed by atoms with E-state index in [-0.39, 0.29) is 17.9 Å². The lowest BCUT2D eigenvalue weighted by atomic mass is 9.80. The van der Waals surface area contributed by atoms with Gasteiger partial charge in [0.1, 0.15) is 12.4 Å². The van der Waals surface area contributed by atoms with Gasteiger partial charge in [0.05, 0.1) is 0 Å². The van der Waals surface area contributed by atoms with Gasteiger partial charge in [-0.1, -0.05) is 48.5 Å². The summed E-state index contributed by atoms with van der Waals surface area (Å²) < 4.78 is 5.96. The average Bonchev–Trinajstić information content (AvgIpc) is 2.58. The van der Waals surface area contributed by atoms with Gasteiger partial charge in [0.15, 0.2) is 0 Å². The van der Waals surface area contributed by atoms with Gasteiger partial charge in [-0.25, -0.2) is 0 Å². The van der Waals surface area contributed by atoms with E-state index in [9.17, 15) is 4.79 Å². The van der Waals surface area contributed by atoms with Crippen LogP contribution >= 0.6 is 0 Å². The quantitative estimate of drug-likeness (QED) is 0.889. The smallest absolute Gasteiger partial charge is 0.225 e. The molecule has 0 aliphatic heterocycles. The lowest BCUT2D eigenvalue weighted by Crippen LogP contribution is -2.45. The lowest BCUT2D eigenvalue weighted by Gasteiger charge is -2.34. The fourth-order valence-electron chi connectivity index (χ4n) is 3.02. The average molecular weight is 324 g/mol. The van der Waals surface area contributed by atoms with Crippen LogP contribution in [0.3, 0.4) is 0 Å². The molecule has 0 heterocycles. The second-order valence-corrected chi connectivity index (χ2v) is 6.50. The SMILES string of the molecule is CN(Cc1ccccc1OCc1ccccc1)C(=O)C1CC(N)C1. The van der Waals surface area contributed by atoms with Crippen molar-refractivity contribution in [1.82, 2.24) is 4.90 Å². The molecule has 1 amide bonds. The van der Waals surface area contributed by atoms with E-state index in [1.165, 1.54) is 0 Å². The van der Waals surface area contributed by atoms with Crippen LogP contribution in [0.25, 0.3) is 0 Å². The number of carbonyl (C=O) groups excluding carboxylic acids is 1. The molecule has 2 aromatic carbocycles. The topological polar surface area (TPSA) is 55.6 Å². The summed E-state index contributed by atoms with van der Waals surface area (Å²) >= 11 is 0. The largest absolute Gasteiger partial charge is 0.489 e. The number of carbonyl (C=O) groups is 1. The molecule has 0 atom stereocenters. The highest BCUT2D eigenvalue weighted by atomic mass is 16.5. The van der Waals surface area contributed by atoms with Gasteiger partial charge in [-0.05, 0) is 24.5 Å². The summed E-state index contributed by atoms with van der Waals surface area (Å²) in [5.41, 5.74) is 7.93. The third-order valence-electron chi connectivity index (χ3n) is 4.52. The van der Waals surface area contributed by atoms with E-state index in [2.05, 4.69) is 0 Å². The molecule has 1 fully saturated rings. The van der Waals surface area contributed by atoms with Crippen LogP contribution in [0.2, 0.25) is 0 Å². The minimum absolute atomic E-state index is 0.0856. The normalized spacial score (nSPS) is 19.4. The third-order valence-corrected chi connectivity index (χ3v) is 4.52. The zero-order valence-electron chi connectivity index (χ0n) is 14.0. The second-order valence-electron chi connectivity index (χ2n) is 6.50. The van der Waals surface area contributed by atoms with Gasteiger partial charge in [-0.3, -0.25) is 4.79 Å². The van der Waals surface area contributed by atoms with Crippen LogP contribution in [-0.4, -0.2) is 23.9 Å². The monoisotopic (exact) mass is 324 g/mol. The van der Waals surface area contributed by atoms with Crippen molar-refractivity contribution < 1.29 is 9.53 Å². The summed E-state index contributed by atoms with van der Waals surface area (Å²) in [5.74, 6) is 1.09. The molecule has 0 radical (unpaired) electrons. The maximum Gasteiger partial charge on any atom is 0.225 e. The number of hydrogen-bond donors (Lipinski definition) is 1. The van der Waals surface area contributed by atoms with Crippen LogP contribution in [0, 0.1) is 5.92 Å². The number of para-hydroxylation sites is 1. The van der Waals surface area contributed by atoms with Gasteiger partial charge in [0.25, 0.3) is 0 Å². The molecule has 1 saturated carbocycles. The summed E-state index contributed by atoms with van der Waals surface area (Å²) in [6.45, 7) is 1.07. The number of rotatable bonds is 6. The number of hydrogen-bond acceptors (Lipinski definition) is 3. The first-order valence-corrected chi connectivity index (χ1v) is 8.38. The van der Waals surface area contributed by atoms with Crippen molar-refractivity contribution in [2.75, 3.05) is 7.05 Å². The van der Waals surface area contributed by atoms with Crippen LogP contribution in [0.15, 0.2) is 54.6 Å². The Morgan fingerprint density at radius 3 is 2.50 bits per heavy atom. The highest BCUT2D eigenvalue weighted by Crippen LogP contribution is 2.28. The molecule has 0 spiro atoms. The molecular formula is C20H24N2O2. The molecule has 0 saturated heterocycles. The fraction of sp³-hybridized carbons (Fsp3) is 0.350. The standard InChI is InChI=1S/C20H24N2O2/c1-22(20(23)17-11-18(21)12-17)13-16-9-5-6-10-19(16)24-14-15-7-3-2-4-8-15/h2-10,17-18H,11-14,21H2,1H3. The summed E-state index contributed by atoms with van der Waals surface area (Å²) in [5, 5.41) is 0. The van der Waals surface area contributed by atoms with Crippen LogP contribution in [-0.2, 0) is 17.9 Å². The third kappa shape index (κ3) is 3.95. The summed E-state index contributed by atoms with van der Waals surface area (Å²) in [6, 6.07) is 18.2. The van der Waals surface area contributed by atoms with Crippen molar-refractivity contribution in [3.63, 3.8) is 0 Å². The van der Waals surface area contributed by atoms with Crippen LogP contribution in [0.1, 0.15) is 24.0 Å². The summed E-state index contributed by atoms with van der Waals surface area (Å²) in [7, 11) is 1.85. The van der Waals surface area contributed by atoms with E-state index < -0.39 is 0 Å². The molecule has 1 aliphatic rings. The first-order valence-electron chi connectivity index (χ1n) is 8.38. The molecule has 2 N–H and O–H groups in total. The maximum atomic E-state index is 12.4. The summed E-state index contributed by atoms with van der Waals surface area (Å²) in [6.07, 6.45) is 1.60. The Kier molecular flexibility index (Phi) is 5.16. The molecule has 24 heavy (non-hydrogen) atoms. The van der Waals surface area contributed by atoms with Gasteiger partial charge in [-0.15, -0.1) is 0 Å². The van der Waals surface area contributed by atoms with Gasteiger partial charge < -0.3 is 15.4 Å². The Morgan fingerprint density at radius 2 is 1.79 bits per heavy atom. The van der Waals surface area contributed by atoms with Gasteiger partial charge >= 0.3 is 0 Å². The highest BCUT2D eigenvalue weighted by Gasteiger charge is 2.33. The Balaban J connectivity index is 1.62. The van der Waals surface area contributed by atoms with Crippen molar-refractivity contribution >= 4 is 5.91 Å². The first-order chi connectivity index (χ1) is 11.6. The molecule has 0 bridgehead atoms. The Morgan fingerprint density at radius 1 is 1.12 bits per heavy atom. The van der Waals surface area contributed by atoms with Crippen molar-refractivity contribution in [2.24, 2.45) is 11.7 Å². The predicted molar refractivity (Wildman–Crippen MR) is 94.4 cm³/mol. The van der Waals surface area contributed by atoms with E-state index in [0.717, 1.165) is 29.7 Å². The Bertz CT molecular complexity index is 681. The molecule has 0 unspecified atom stereocenters. The molecule has 3 rings (SSSR count). The van der Waals surface area contributed by atoms with E-state index in [0.29, 0.717) is 13.2 Å². The molecular weight excluding hydrogens is 300 g/mol. The first kappa shape index (κ1) is 16.5. The number of nitrogens with zero attached hydrogens (tertiary/aromatic N) is 1. The maximum absolute atomic E-state index is 12.4. The van der Waals surface area contributed by atoms with Crippen molar-refractivity contribution in [2.45, 2.75) is 32.0 Å². The van der Waals surface area contributed by atoms with E-state index in [1.807, 2.05) is 61.6 Å². The fourth-order valence-corrected chi connectivity index (χ4v) is 3.02. The second kappa shape index (κ2) is 7.49. The highest BCUT2D eigenvalue weighted by molar-refractivity contribution is 5.79. The van der Waals surface area contributed by atoms with E-state index in [1.54, 1.807) is 4.90 Å². The lowest BCUT2D eigenvalue weighted by molar-refractivity contribution is -0.137. The van der Waals surface area contributed by atoms with Gasteiger partial charge in [0, 0.05) is 31.1 Å². The molecule has 4 nitrogen and oxygen atoms in total. The van der Waals surface area contributed by atoms with E-state index in [4.69, 9.17) is 10.5 Å². The van der Waals surface area contributed by atoms with Gasteiger partial charge in [0.2, 0.25) is 5.91 Å². The van der Waals surface area contributed by atoms with Crippen LogP contribution < -0.4 is 10.5 Å². The van der Waals surface area contributed by atoms with E-state index >= 15 is 0 Å². The summed E-state index contributed by atoms with van der Waals surface area (Å²) in [4.78, 5) is 14.2. The van der Waals surface area contributed by atoms with Crippen molar-refractivity contribution in [3.05, 3.63) is 65.7 Å². The van der Waals surface area contributed by atoms with Crippen LogP contribution in [0.4, 0.5) is 0 Å². The number of ether oxygens (including phenoxy) is 1. The van der Waals surface area contributed by atoms with Crippen molar-refractivity contribution in [3.8, 4) is 5.75 Å². The Hall–Kier alpha value is -2.33. The van der Waals surface area contributed by atoms with Crippen molar-refractivity contribution in [1.29, 1.82) is 0 Å². The molecule has 4 heteroatoms. The Labute approximate surface area is 143 Å². The van der Waals surface area contributed by atoms with Crippen LogP contribution in [0.5, 0.6) is 5.75 Å². The number of benzene rings is 2. The molecule has 1 aliphatic carbocycles. The number of nitrogens with two attached hydrogens (primary N) is 1. The minimum atomic E-state index is 0.0856.